The molecule has 2 amide bonds. The molecule has 0 aliphatic rings. The lowest BCUT2D eigenvalue weighted by atomic mass is 10.00. The predicted octanol–water partition coefficient (Wildman–Crippen LogP) is 9.86. The maximum Gasteiger partial charge on any atom is 0.249 e. The number of nitrogens with one attached hydrogen (secondary N) is 2. The van der Waals surface area contributed by atoms with Crippen LogP contribution < -0.4 is 10.6 Å². The number of benzene rings is 7. The second-order valence-corrected chi connectivity index (χ2v) is 13.4. The summed E-state index contributed by atoms with van der Waals surface area (Å²) in [4.78, 5) is 39.2. The first kappa shape index (κ1) is 37.1. The topological polar surface area (TPSA) is 82.9 Å². The zero-order chi connectivity index (χ0) is 38.4. The molecule has 7 aromatic carbocycles. The number of nitrogens with zero attached hydrogens (tertiary/aromatic N) is 2. The molecule has 0 aliphatic heterocycles. The van der Waals surface area contributed by atoms with Crippen LogP contribution in [0.3, 0.4) is 0 Å². The molecule has 274 valence electrons. The zero-order valence-corrected chi connectivity index (χ0v) is 30.9. The van der Waals surface area contributed by atoms with Crippen molar-refractivity contribution in [3.8, 4) is 0 Å². The second kappa shape index (κ2) is 18.7. The van der Waals surface area contributed by atoms with Crippen LogP contribution in [0.15, 0.2) is 216 Å². The molecule has 0 aromatic heterocycles. The van der Waals surface area contributed by atoms with Gasteiger partial charge in [-0.25, -0.2) is 0 Å². The molecule has 0 bridgehead atoms. The zero-order valence-electron chi connectivity index (χ0n) is 30.9. The highest BCUT2D eigenvalue weighted by molar-refractivity contribution is 6.15. The summed E-state index contributed by atoms with van der Waals surface area (Å²) in [5.41, 5.74) is 7.97. The van der Waals surface area contributed by atoms with Crippen molar-refractivity contribution in [3.63, 3.8) is 0 Å². The summed E-state index contributed by atoms with van der Waals surface area (Å²) in [6.45, 7) is 0. The van der Waals surface area contributed by atoms with Crippen molar-refractivity contribution in [2.75, 3.05) is 10.6 Å². The van der Waals surface area contributed by atoms with Gasteiger partial charge in [0.25, 0.3) is 0 Å². The van der Waals surface area contributed by atoms with Crippen molar-refractivity contribution in [1.29, 1.82) is 0 Å². The molecule has 6 nitrogen and oxygen atoms in total. The SMILES string of the molecule is O=C(Nc1ccccc1NC(=O)[C@H](Cc1ccccc1)N=C(c1ccccc1)c1ccccc1)[C@H](Cc1ccccc1)N=C(c1ccccc1)c1ccccc1. The number of rotatable bonds is 14. The van der Waals surface area contributed by atoms with Crippen LogP contribution in [0.4, 0.5) is 11.4 Å². The molecule has 2 N–H and O–H groups in total. The standard InChI is InChI=1S/C50H42N4O2/c55-49(45(35-37-21-7-1-8-22-37)51-47(39-25-11-3-12-26-39)40-27-13-4-14-28-40)53-43-33-19-20-34-44(43)54-50(56)46(36-38-23-9-2-10-24-38)52-48(41-29-15-5-16-30-41)42-31-17-6-18-32-42/h1-34,45-46H,35-36H2,(H,53,55)(H,54,56)/t45-,46-/m0/s1. The van der Waals surface area contributed by atoms with Crippen LogP contribution in [0.1, 0.15) is 33.4 Å². The molecule has 6 heteroatoms. The maximum absolute atomic E-state index is 14.4. The summed E-state index contributed by atoms with van der Waals surface area (Å²) in [5.74, 6) is -0.594. The summed E-state index contributed by atoms with van der Waals surface area (Å²) >= 11 is 0. The lowest BCUT2D eigenvalue weighted by Crippen LogP contribution is -2.32. The largest absolute Gasteiger partial charge is 0.322 e. The Morgan fingerprint density at radius 2 is 0.607 bits per heavy atom. The van der Waals surface area contributed by atoms with Gasteiger partial charge >= 0.3 is 0 Å². The van der Waals surface area contributed by atoms with Gasteiger partial charge in [-0.15, -0.1) is 0 Å². The van der Waals surface area contributed by atoms with Crippen molar-refractivity contribution in [2.45, 2.75) is 24.9 Å². The normalized spacial score (nSPS) is 11.7. The Morgan fingerprint density at radius 1 is 0.357 bits per heavy atom. The first-order valence-corrected chi connectivity index (χ1v) is 18.8. The van der Waals surface area contributed by atoms with Crippen LogP contribution in [-0.4, -0.2) is 35.3 Å². The Balaban J connectivity index is 1.22. The lowest BCUT2D eigenvalue weighted by molar-refractivity contribution is -0.118. The number of aliphatic imine (C=N–C) groups is 2. The fourth-order valence-corrected chi connectivity index (χ4v) is 6.53. The number of amides is 2. The van der Waals surface area contributed by atoms with Crippen molar-refractivity contribution < 1.29 is 9.59 Å². The van der Waals surface area contributed by atoms with E-state index in [1.807, 2.05) is 194 Å². The average molecular weight is 731 g/mol. The summed E-state index contributed by atoms with van der Waals surface area (Å²) in [5, 5.41) is 6.26. The van der Waals surface area contributed by atoms with Crippen LogP contribution in [-0.2, 0) is 22.4 Å². The van der Waals surface area contributed by atoms with Gasteiger partial charge in [0, 0.05) is 35.1 Å². The molecule has 0 aliphatic carbocycles. The fraction of sp³-hybridized carbons (Fsp3) is 0.0800. The average Bonchev–Trinajstić information content (AvgIpc) is 3.26. The van der Waals surface area contributed by atoms with Crippen LogP contribution >= 0.6 is 0 Å². The Kier molecular flexibility index (Phi) is 12.4. The summed E-state index contributed by atoms with van der Waals surface area (Å²) in [7, 11) is 0. The number of carbonyl (C=O) groups excluding carboxylic acids is 2. The van der Waals surface area contributed by atoms with Gasteiger partial charge < -0.3 is 10.6 Å². The Bertz CT molecular complexity index is 2130. The minimum Gasteiger partial charge on any atom is -0.322 e. The third-order valence-corrected chi connectivity index (χ3v) is 9.35. The highest BCUT2D eigenvalue weighted by Crippen LogP contribution is 2.24. The third-order valence-electron chi connectivity index (χ3n) is 9.35. The van der Waals surface area contributed by atoms with Gasteiger partial charge in [-0.05, 0) is 23.3 Å². The molecule has 0 spiro atoms. The van der Waals surface area contributed by atoms with E-state index >= 15 is 0 Å². The van der Waals surface area contributed by atoms with E-state index in [9.17, 15) is 9.59 Å². The number of carbonyl (C=O) groups is 2. The van der Waals surface area contributed by atoms with Crippen LogP contribution in [0, 0.1) is 0 Å². The third kappa shape index (κ3) is 9.87. The van der Waals surface area contributed by atoms with E-state index < -0.39 is 12.1 Å². The Hall–Kier alpha value is -7.18. The smallest absolute Gasteiger partial charge is 0.249 e. The van der Waals surface area contributed by atoms with Crippen LogP contribution in [0.25, 0.3) is 0 Å². The molecule has 0 saturated carbocycles. The van der Waals surface area contributed by atoms with Gasteiger partial charge in [-0.1, -0.05) is 194 Å². The van der Waals surface area contributed by atoms with E-state index in [0.717, 1.165) is 44.8 Å². The molecule has 0 heterocycles. The highest BCUT2D eigenvalue weighted by Gasteiger charge is 2.24. The fourth-order valence-electron chi connectivity index (χ4n) is 6.53. The first-order valence-electron chi connectivity index (χ1n) is 18.8. The molecule has 56 heavy (non-hydrogen) atoms. The molecule has 2 atom stereocenters. The summed E-state index contributed by atoms with van der Waals surface area (Å²) in [6, 6.07) is 65.1. The van der Waals surface area contributed by atoms with E-state index in [1.54, 1.807) is 12.1 Å². The van der Waals surface area contributed by atoms with Crippen molar-refractivity contribution in [2.24, 2.45) is 9.98 Å². The van der Waals surface area contributed by atoms with Crippen LogP contribution in [0.5, 0.6) is 0 Å². The monoisotopic (exact) mass is 730 g/mol. The van der Waals surface area contributed by atoms with E-state index in [4.69, 9.17) is 9.98 Å². The first-order chi connectivity index (χ1) is 27.6. The van der Waals surface area contributed by atoms with Crippen molar-refractivity contribution in [1.82, 2.24) is 0 Å². The van der Waals surface area contributed by atoms with Crippen molar-refractivity contribution >= 4 is 34.6 Å². The van der Waals surface area contributed by atoms with E-state index in [2.05, 4.69) is 10.6 Å². The number of anilines is 2. The summed E-state index contributed by atoms with van der Waals surface area (Å²) in [6.07, 6.45) is 0.750. The highest BCUT2D eigenvalue weighted by atomic mass is 16.2. The molecule has 0 saturated heterocycles. The minimum atomic E-state index is -0.786. The number of hydrogen-bond acceptors (Lipinski definition) is 4. The lowest BCUT2D eigenvalue weighted by Gasteiger charge is -2.20. The summed E-state index contributed by atoms with van der Waals surface area (Å²) < 4.78 is 0. The van der Waals surface area contributed by atoms with Gasteiger partial charge in [0.15, 0.2) is 0 Å². The second-order valence-electron chi connectivity index (χ2n) is 13.4. The Morgan fingerprint density at radius 3 is 0.893 bits per heavy atom. The minimum absolute atomic E-state index is 0.297. The Labute approximate surface area is 328 Å². The molecule has 0 unspecified atom stereocenters. The quantitative estimate of drug-likeness (QED) is 0.109. The molecule has 0 fully saturated rings. The van der Waals surface area contributed by atoms with Gasteiger partial charge in [-0.3, -0.25) is 19.6 Å². The molecular formula is C50H42N4O2. The molecule has 7 aromatic rings. The number of hydrogen-bond donors (Lipinski definition) is 2. The van der Waals surface area contributed by atoms with Gasteiger partial charge in [-0.2, -0.15) is 0 Å². The molecular weight excluding hydrogens is 689 g/mol. The predicted molar refractivity (Wildman–Crippen MR) is 229 cm³/mol. The van der Waals surface area contributed by atoms with Gasteiger partial charge in [0.05, 0.1) is 22.8 Å². The maximum atomic E-state index is 14.4. The molecule has 0 radical (unpaired) electrons. The molecule has 7 rings (SSSR count). The van der Waals surface area contributed by atoms with Crippen molar-refractivity contribution in [3.05, 3.63) is 240 Å². The van der Waals surface area contributed by atoms with E-state index in [0.29, 0.717) is 24.2 Å². The van der Waals surface area contributed by atoms with Crippen LogP contribution in [0.2, 0.25) is 0 Å². The van der Waals surface area contributed by atoms with E-state index in [1.165, 1.54) is 0 Å². The van der Waals surface area contributed by atoms with E-state index in [-0.39, 0.29) is 11.8 Å². The van der Waals surface area contributed by atoms with Gasteiger partial charge in [0.2, 0.25) is 11.8 Å². The van der Waals surface area contributed by atoms with Gasteiger partial charge in [0.1, 0.15) is 12.1 Å². The number of para-hydroxylation sites is 2.